The Labute approximate surface area is 148 Å². The third-order valence-corrected chi connectivity index (χ3v) is 3.72. The summed E-state index contributed by atoms with van der Waals surface area (Å²) < 4.78 is 0. The van der Waals surface area contributed by atoms with Crippen molar-refractivity contribution < 1.29 is 9.59 Å². The molecule has 2 rings (SSSR count). The van der Waals surface area contributed by atoms with Crippen molar-refractivity contribution in [2.24, 2.45) is 0 Å². The third-order valence-electron chi connectivity index (χ3n) is 3.72. The molecule has 25 heavy (non-hydrogen) atoms. The maximum atomic E-state index is 12.6. The predicted octanol–water partition coefficient (Wildman–Crippen LogP) is 2.67. The standard InChI is InChI=1S/C19H24N4O2/c1-3-11-23(12-4-2)19(25)16-7-10-21-17(13-16)18(24)22-14-15-5-8-20-9-6-15/h5-10,13H,3-4,11-12,14H2,1-2H3,(H,22,24). The van der Waals surface area contributed by atoms with Crippen LogP contribution in [0.1, 0.15) is 53.1 Å². The number of amides is 2. The molecule has 0 bridgehead atoms. The molecular formula is C19H24N4O2. The minimum atomic E-state index is -0.302. The maximum Gasteiger partial charge on any atom is 0.270 e. The lowest BCUT2D eigenvalue weighted by atomic mass is 10.1. The fourth-order valence-corrected chi connectivity index (χ4v) is 2.50. The Kier molecular flexibility index (Phi) is 7.07. The number of hydrogen-bond donors (Lipinski definition) is 1. The fraction of sp³-hybridized carbons (Fsp3) is 0.368. The van der Waals surface area contributed by atoms with Gasteiger partial charge < -0.3 is 10.2 Å². The van der Waals surface area contributed by atoms with Crippen LogP contribution in [0.5, 0.6) is 0 Å². The van der Waals surface area contributed by atoms with Gasteiger partial charge in [-0.3, -0.25) is 19.6 Å². The van der Waals surface area contributed by atoms with Gasteiger partial charge in [0.25, 0.3) is 11.8 Å². The lowest BCUT2D eigenvalue weighted by Gasteiger charge is -2.21. The van der Waals surface area contributed by atoms with Crippen molar-refractivity contribution in [2.75, 3.05) is 13.1 Å². The molecule has 1 N–H and O–H groups in total. The average Bonchev–Trinajstić information content (AvgIpc) is 2.66. The normalized spacial score (nSPS) is 10.3. The van der Waals surface area contributed by atoms with Gasteiger partial charge in [-0.15, -0.1) is 0 Å². The first-order chi connectivity index (χ1) is 12.2. The number of pyridine rings is 2. The number of rotatable bonds is 8. The van der Waals surface area contributed by atoms with Crippen molar-refractivity contribution in [1.82, 2.24) is 20.2 Å². The molecule has 0 aliphatic carbocycles. The number of hydrogen-bond acceptors (Lipinski definition) is 4. The largest absolute Gasteiger partial charge is 0.347 e. The number of carbonyl (C=O) groups excluding carboxylic acids is 2. The van der Waals surface area contributed by atoms with Crippen LogP contribution in [0, 0.1) is 0 Å². The highest BCUT2D eigenvalue weighted by Crippen LogP contribution is 2.08. The maximum absolute atomic E-state index is 12.6. The van der Waals surface area contributed by atoms with Gasteiger partial charge in [-0.1, -0.05) is 13.8 Å². The summed E-state index contributed by atoms with van der Waals surface area (Å²) >= 11 is 0. The zero-order valence-electron chi connectivity index (χ0n) is 14.7. The van der Waals surface area contributed by atoms with Crippen LogP contribution in [0.4, 0.5) is 0 Å². The van der Waals surface area contributed by atoms with Crippen molar-refractivity contribution in [2.45, 2.75) is 33.2 Å². The molecule has 0 unspecified atom stereocenters. The van der Waals surface area contributed by atoms with Gasteiger partial charge in [0, 0.05) is 43.8 Å². The topological polar surface area (TPSA) is 75.2 Å². The summed E-state index contributed by atoms with van der Waals surface area (Å²) in [6.45, 7) is 5.89. The fourth-order valence-electron chi connectivity index (χ4n) is 2.50. The first-order valence-electron chi connectivity index (χ1n) is 8.58. The Morgan fingerprint density at radius 1 is 1.04 bits per heavy atom. The second-order valence-electron chi connectivity index (χ2n) is 5.76. The first kappa shape index (κ1) is 18.6. The van der Waals surface area contributed by atoms with Gasteiger partial charge in [0.15, 0.2) is 0 Å². The van der Waals surface area contributed by atoms with Gasteiger partial charge in [-0.05, 0) is 42.7 Å². The van der Waals surface area contributed by atoms with E-state index in [4.69, 9.17) is 0 Å². The second kappa shape index (κ2) is 9.52. The molecule has 6 nitrogen and oxygen atoms in total. The summed E-state index contributed by atoms with van der Waals surface area (Å²) in [5.74, 6) is -0.363. The van der Waals surface area contributed by atoms with Gasteiger partial charge in [-0.25, -0.2) is 0 Å². The van der Waals surface area contributed by atoms with Crippen molar-refractivity contribution in [3.8, 4) is 0 Å². The van der Waals surface area contributed by atoms with E-state index in [9.17, 15) is 9.59 Å². The quantitative estimate of drug-likeness (QED) is 0.802. The van der Waals surface area contributed by atoms with Crippen LogP contribution < -0.4 is 5.32 Å². The monoisotopic (exact) mass is 340 g/mol. The number of carbonyl (C=O) groups is 2. The van der Waals surface area contributed by atoms with Gasteiger partial charge in [0.1, 0.15) is 5.69 Å². The third kappa shape index (κ3) is 5.38. The summed E-state index contributed by atoms with van der Waals surface area (Å²) in [5.41, 5.74) is 1.69. The van der Waals surface area contributed by atoms with Crippen LogP contribution in [0.25, 0.3) is 0 Å². The molecule has 0 aromatic carbocycles. The van der Waals surface area contributed by atoms with Crippen LogP contribution in [0.15, 0.2) is 42.9 Å². The number of nitrogens with one attached hydrogen (secondary N) is 1. The van der Waals surface area contributed by atoms with Crippen LogP contribution in [-0.4, -0.2) is 39.8 Å². The van der Waals surface area contributed by atoms with Gasteiger partial charge in [0.2, 0.25) is 0 Å². The Morgan fingerprint density at radius 2 is 1.72 bits per heavy atom. The van der Waals surface area contributed by atoms with E-state index in [1.807, 2.05) is 30.9 Å². The molecule has 0 fully saturated rings. The summed E-state index contributed by atoms with van der Waals surface area (Å²) in [5, 5.41) is 2.81. The Balaban J connectivity index is 2.06. The molecule has 2 heterocycles. The lowest BCUT2D eigenvalue weighted by Crippen LogP contribution is -2.33. The molecule has 2 amide bonds. The average molecular weight is 340 g/mol. The van der Waals surface area contributed by atoms with Gasteiger partial charge in [-0.2, -0.15) is 0 Å². The minimum Gasteiger partial charge on any atom is -0.347 e. The Morgan fingerprint density at radius 3 is 2.36 bits per heavy atom. The van der Waals surface area contributed by atoms with E-state index < -0.39 is 0 Å². The molecule has 0 aliphatic rings. The van der Waals surface area contributed by atoms with Crippen molar-refractivity contribution in [3.05, 3.63) is 59.7 Å². The smallest absolute Gasteiger partial charge is 0.270 e. The summed E-state index contributed by atoms with van der Waals surface area (Å²) in [7, 11) is 0. The molecule has 6 heteroatoms. The molecule has 132 valence electrons. The summed E-state index contributed by atoms with van der Waals surface area (Å²) in [4.78, 5) is 34.8. The zero-order valence-corrected chi connectivity index (χ0v) is 14.7. The molecular weight excluding hydrogens is 316 g/mol. The Hall–Kier alpha value is -2.76. The SMILES string of the molecule is CCCN(CCC)C(=O)c1ccnc(C(=O)NCc2ccncc2)c1. The minimum absolute atomic E-state index is 0.0608. The highest BCUT2D eigenvalue weighted by atomic mass is 16.2. The van der Waals surface area contributed by atoms with Crippen LogP contribution in [-0.2, 0) is 6.54 Å². The van der Waals surface area contributed by atoms with E-state index in [1.165, 1.54) is 6.20 Å². The molecule has 0 spiro atoms. The van der Waals surface area contributed by atoms with E-state index in [-0.39, 0.29) is 17.5 Å². The molecule has 0 aliphatic heterocycles. The number of aromatic nitrogens is 2. The Bertz CT molecular complexity index is 698. The van der Waals surface area contributed by atoms with E-state index in [0.717, 1.165) is 18.4 Å². The molecule has 0 saturated carbocycles. The summed E-state index contributed by atoms with van der Waals surface area (Å²) in [6, 6.07) is 6.88. The second-order valence-corrected chi connectivity index (χ2v) is 5.76. The molecule has 2 aromatic heterocycles. The lowest BCUT2D eigenvalue weighted by molar-refractivity contribution is 0.0755. The van der Waals surface area contributed by atoms with Crippen molar-refractivity contribution in [1.29, 1.82) is 0 Å². The molecule has 2 aromatic rings. The van der Waals surface area contributed by atoms with E-state index >= 15 is 0 Å². The first-order valence-corrected chi connectivity index (χ1v) is 8.58. The highest BCUT2D eigenvalue weighted by molar-refractivity contribution is 5.98. The van der Waals surface area contributed by atoms with Crippen LogP contribution >= 0.6 is 0 Å². The van der Waals surface area contributed by atoms with Crippen molar-refractivity contribution in [3.63, 3.8) is 0 Å². The summed E-state index contributed by atoms with van der Waals surface area (Å²) in [6.07, 6.45) is 6.65. The van der Waals surface area contributed by atoms with Gasteiger partial charge >= 0.3 is 0 Å². The zero-order chi connectivity index (χ0) is 18.1. The van der Waals surface area contributed by atoms with Crippen LogP contribution in [0.2, 0.25) is 0 Å². The number of nitrogens with zero attached hydrogens (tertiary/aromatic N) is 3. The predicted molar refractivity (Wildman–Crippen MR) is 96.1 cm³/mol. The molecule has 0 atom stereocenters. The highest BCUT2D eigenvalue weighted by Gasteiger charge is 2.16. The van der Waals surface area contributed by atoms with E-state index in [1.54, 1.807) is 24.5 Å². The van der Waals surface area contributed by atoms with E-state index in [0.29, 0.717) is 25.2 Å². The molecule has 0 radical (unpaired) electrons. The van der Waals surface area contributed by atoms with E-state index in [2.05, 4.69) is 15.3 Å². The van der Waals surface area contributed by atoms with Crippen LogP contribution in [0.3, 0.4) is 0 Å². The molecule has 0 saturated heterocycles. The van der Waals surface area contributed by atoms with Gasteiger partial charge in [0.05, 0.1) is 0 Å². The van der Waals surface area contributed by atoms with Crippen molar-refractivity contribution >= 4 is 11.8 Å².